The van der Waals surface area contributed by atoms with Gasteiger partial charge >= 0.3 is 0 Å². The third kappa shape index (κ3) is 8.03. The van der Waals surface area contributed by atoms with Crippen LogP contribution in [0.4, 0.5) is 0 Å². The maximum absolute atomic E-state index is 4.00. The maximum atomic E-state index is 4.00. The molecular formula is C30H35BrS8. The summed E-state index contributed by atoms with van der Waals surface area (Å²) in [6, 6.07) is 16.8. The molecule has 0 radical (unpaired) electrons. The summed E-state index contributed by atoms with van der Waals surface area (Å²) in [5.74, 6) is 2.42. The van der Waals surface area contributed by atoms with Gasteiger partial charge in [0.15, 0.2) is 0 Å². The summed E-state index contributed by atoms with van der Waals surface area (Å²) in [6.45, 7) is 0. The minimum absolute atomic E-state index is 0.629. The number of rotatable bonds is 4. The van der Waals surface area contributed by atoms with Crippen LogP contribution in [0.5, 0.6) is 0 Å². The van der Waals surface area contributed by atoms with E-state index in [4.69, 9.17) is 0 Å². The highest BCUT2D eigenvalue weighted by atomic mass is 79.9. The average molecular weight is 732 g/mol. The minimum atomic E-state index is 0.629. The van der Waals surface area contributed by atoms with Gasteiger partial charge in [-0.2, -0.15) is 23.5 Å². The Labute approximate surface area is 278 Å². The summed E-state index contributed by atoms with van der Waals surface area (Å²) in [4.78, 5) is 0. The summed E-state index contributed by atoms with van der Waals surface area (Å²) in [5.41, 5.74) is 8.84. The standard InChI is InChI=1S/C30H35BrS8/c1-32-25-16-36-27(38-29(25)34-3)22-11-18-5-7-19(8-6-18)12-23(15-21-10-9-20(13-22)14-24(21)31)28-37-17-26(33-2)30(35-4)39-28/h5-10,14,25-26,29-30H,11-13,15-17H2,1-4H3/b27-22-,28-23-. The van der Waals surface area contributed by atoms with E-state index in [-0.39, 0.29) is 0 Å². The van der Waals surface area contributed by atoms with Gasteiger partial charge in [0.2, 0.25) is 0 Å². The number of thioether (sulfide) groups is 8. The first-order valence-corrected chi connectivity index (χ1v) is 22.7. The van der Waals surface area contributed by atoms with Crippen LogP contribution in [0.3, 0.4) is 0 Å². The predicted molar refractivity (Wildman–Crippen MR) is 199 cm³/mol. The fourth-order valence-electron chi connectivity index (χ4n) is 5.03. The van der Waals surface area contributed by atoms with Gasteiger partial charge in [0.05, 0.1) is 9.16 Å². The van der Waals surface area contributed by atoms with Gasteiger partial charge in [-0.15, -0.1) is 70.6 Å². The maximum Gasteiger partial charge on any atom is 0.0678 e. The summed E-state index contributed by atoms with van der Waals surface area (Å²) < 4.78 is 5.63. The van der Waals surface area contributed by atoms with Crippen molar-refractivity contribution in [2.45, 2.75) is 45.3 Å². The monoisotopic (exact) mass is 730 g/mol. The Morgan fingerprint density at radius 3 is 1.54 bits per heavy atom. The van der Waals surface area contributed by atoms with Gasteiger partial charge < -0.3 is 0 Å². The first-order chi connectivity index (χ1) is 19.0. The fraction of sp³-hybridized carbons (Fsp3) is 0.467. The highest BCUT2D eigenvalue weighted by Crippen LogP contribution is 2.50. The second-order valence-corrected chi connectivity index (χ2v) is 20.3. The molecule has 4 atom stereocenters. The van der Waals surface area contributed by atoms with Crippen LogP contribution in [0.15, 0.2) is 66.6 Å². The number of hydrogen-bond donors (Lipinski definition) is 0. The Hall–Kier alpha value is 1.20. The van der Waals surface area contributed by atoms with Crippen molar-refractivity contribution in [2.75, 3.05) is 36.5 Å². The van der Waals surface area contributed by atoms with Gasteiger partial charge in [-0.25, -0.2) is 0 Å². The average Bonchev–Trinajstić information content (AvgIpc) is 2.97. The molecule has 8 rings (SSSR count). The smallest absolute Gasteiger partial charge is 0.0678 e. The van der Waals surface area contributed by atoms with E-state index in [1.165, 1.54) is 38.2 Å². The van der Waals surface area contributed by atoms with Gasteiger partial charge in [-0.05, 0) is 90.2 Å². The molecule has 2 fully saturated rings. The molecule has 2 aliphatic heterocycles. The Morgan fingerprint density at radius 2 is 1.08 bits per heavy atom. The quantitative estimate of drug-likeness (QED) is 0.301. The Balaban J connectivity index is 1.50. The predicted octanol–water partition coefficient (Wildman–Crippen LogP) is 10.6. The van der Waals surface area contributed by atoms with Crippen molar-refractivity contribution >= 4 is 110 Å². The molecule has 6 aliphatic rings. The lowest BCUT2D eigenvalue weighted by Crippen LogP contribution is -2.23. The lowest BCUT2D eigenvalue weighted by Gasteiger charge is -2.31. The molecule has 0 saturated carbocycles. The first-order valence-electron chi connectivity index (χ1n) is 13.0. The van der Waals surface area contributed by atoms with Crippen LogP contribution >= 0.6 is 110 Å². The lowest BCUT2D eigenvalue weighted by molar-refractivity contribution is 0.994. The van der Waals surface area contributed by atoms with E-state index in [0.29, 0.717) is 19.7 Å². The fourth-order valence-corrected chi connectivity index (χ4v) is 17.7. The zero-order valence-electron chi connectivity index (χ0n) is 22.7. The lowest BCUT2D eigenvalue weighted by atomic mass is 9.93. The highest BCUT2D eigenvalue weighted by Gasteiger charge is 2.31. The van der Waals surface area contributed by atoms with Gasteiger partial charge in [0, 0.05) is 35.0 Å². The third-order valence-electron chi connectivity index (χ3n) is 7.26. The van der Waals surface area contributed by atoms with Crippen LogP contribution in [-0.4, -0.2) is 56.2 Å². The molecule has 210 valence electrons. The molecule has 0 aromatic heterocycles. The molecule has 4 aliphatic carbocycles. The van der Waals surface area contributed by atoms with Crippen molar-refractivity contribution in [3.05, 3.63) is 88.8 Å². The van der Waals surface area contributed by atoms with Crippen molar-refractivity contribution in [3.63, 3.8) is 0 Å². The zero-order valence-corrected chi connectivity index (χ0v) is 30.9. The molecule has 0 amide bonds. The Kier molecular flexibility index (Phi) is 12.4. The SMILES string of the molecule is CSC1CS/C(=C2\Cc3ccc(cc3)C/C(=C3\SCC(SC)C(SC)S3)Cc3ccc(cc3Br)C2)SC1SC. The van der Waals surface area contributed by atoms with E-state index in [1.54, 1.807) is 19.6 Å². The zero-order chi connectivity index (χ0) is 27.4. The molecule has 4 bridgehead atoms. The van der Waals surface area contributed by atoms with E-state index in [0.717, 1.165) is 25.7 Å². The summed E-state index contributed by atoms with van der Waals surface area (Å²) >= 11 is 20.5. The molecule has 9 heteroatoms. The topological polar surface area (TPSA) is 0 Å². The van der Waals surface area contributed by atoms with E-state index in [1.807, 2.05) is 47.0 Å². The molecule has 0 spiro atoms. The van der Waals surface area contributed by atoms with E-state index in [2.05, 4.69) is 130 Å². The van der Waals surface area contributed by atoms with E-state index in [9.17, 15) is 0 Å². The number of benzene rings is 2. The van der Waals surface area contributed by atoms with Gasteiger partial charge in [-0.1, -0.05) is 52.3 Å². The molecule has 2 heterocycles. The highest BCUT2D eigenvalue weighted by molar-refractivity contribution is 9.10. The third-order valence-corrected chi connectivity index (χ3v) is 20.1. The summed E-state index contributed by atoms with van der Waals surface area (Å²) in [7, 11) is 0. The van der Waals surface area contributed by atoms with Crippen LogP contribution in [0.2, 0.25) is 0 Å². The molecule has 0 N–H and O–H groups in total. The van der Waals surface area contributed by atoms with Crippen LogP contribution < -0.4 is 0 Å². The Morgan fingerprint density at radius 1 is 0.615 bits per heavy atom. The van der Waals surface area contributed by atoms with Crippen LogP contribution in [-0.2, 0) is 25.7 Å². The molecule has 2 aromatic rings. The van der Waals surface area contributed by atoms with E-state index < -0.39 is 0 Å². The van der Waals surface area contributed by atoms with Gasteiger partial charge in [-0.3, -0.25) is 0 Å². The van der Waals surface area contributed by atoms with Crippen LogP contribution in [0.25, 0.3) is 0 Å². The van der Waals surface area contributed by atoms with Crippen molar-refractivity contribution in [1.82, 2.24) is 0 Å². The van der Waals surface area contributed by atoms with Crippen LogP contribution in [0, 0.1) is 0 Å². The second kappa shape index (κ2) is 15.3. The van der Waals surface area contributed by atoms with Gasteiger partial charge in [0.25, 0.3) is 0 Å². The number of hydrogen-bond acceptors (Lipinski definition) is 8. The van der Waals surface area contributed by atoms with Crippen LogP contribution in [0.1, 0.15) is 22.3 Å². The molecule has 4 unspecified atom stereocenters. The molecule has 0 nitrogen and oxygen atoms in total. The molecule has 2 aromatic carbocycles. The molecular weight excluding hydrogens is 697 g/mol. The normalized spacial score (nSPS) is 30.0. The summed E-state index contributed by atoms with van der Waals surface area (Å²) in [6.07, 6.45) is 13.2. The second-order valence-electron chi connectivity index (χ2n) is 9.85. The Bertz CT molecular complexity index is 1210. The molecule has 39 heavy (non-hydrogen) atoms. The number of halogens is 1. The van der Waals surface area contributed by atoms with Crippen molar-refractivity contribution in [1.29, 1.82) is 0 Å². The number of allylic oxidation sites excluding steroid dienone is 2. The molecule has 2 saturated heterocycles. The largest absolute Gasteiger partial charge is 0.159 e. The van der Waals surface area contributed by atoms with Crippen molar-refractivity contribution in [3.8, 4) is 0 Å². The van der Waals surface area contributed by atoms with Crippen molar-refractivity contribution in [2.24, 2.45) is 0 Å². The first kappa shape index (κ1) is 31.6. The van der Waals surface area contributed by atoms with Crippen molar-refractivity contribution < 1.29 is 0 Å². The summed E-state index contributed by atoms with van der Waals surface area (Å²) in [5, 5.41) is 1.43. The minimum Gasteiger partial charge on any atom is -0.159 e. The van der Waals surface area contributed by atoms with Gasteiger partial charge in [0.1, 0.15) is 0 Å². The van der Waals surface area contributed by atoms with E-state index >= 15 is 0 Å².